The number of hydrogen-bond acceptors (Lipinski definition) is 11. The van der Waals surface area contributed by atoms with Crippen LogP contribution in [0.5, 0.6) is 23.3 Å². The van der Waals surface area contributed by atoms with Gasteiger partial charge < -0.3 is 25.5 Å². The maximum absolute atomic E-state index is 12.0. The quantitative estimate of drug-likeness (QED) is 0.117. The third-order valence-electron chi connectivity index (χ3n) is 7.91. The number of hydrogen-bond donors (Lipinski definition) is 5. The Hall–Kier alpha value is -5.99. The van der Waals surface area contributed by atoms with Gasteiger partial charge >= 0.3 is 5.97 Å². The number of carboxylic acids is 1. The van der Waals surface area contributed by atoms with Gasteiger partial charge in [-0.05, 0) is 55.8 Å². The van der Waals surface area contributed by atoms with Gasteiger partial charge in [0.1, 0.15) is 11.5 Å². The molecule has 0 unspecified atom stereocenters. The molecule has 240 valence electrons. The summed E-state index contributed by atoms with van der Waals surface area (Å²) in [5.74, 6) is -2.46. The topological polar surface area (TPSA) is 180 Å². The van der Waals surface area contributed by atoms with Crippen LogP contribution in [0.4, 0.5) is 0 Å². The van der Waals surface area contributed by atoms with E-state index >= 15 is 0 Å². The number of benzene rings is 3. The molecule has 7 rings (SSSR count). The van der Waals surface area contributed by atoms with Crippen molar-refractivity contribution in [1.29, 1.82) is 0 Å². The number of aryl methyl sites for hydroxylation is 2. The van der Waals surface area contributed by atoms with Crippen LogP contribution in [0.25, 0.3) is 32.8 Å². The number of aromatic carboxylic acids is 1. The number of aromatic hydroxyl groups is 4. The second-order valence-corrected chi connectivity index (χ2v) is 12.6. The molecule has 0 atom stereocenters. The summed E-state index contributed by atoms with van der Waals surface area (Å²) in [7, 11) is 0. The van der Waals surface area contributed by atoms with Gasteiger partial charge in [0.15, 0.2) is 0 Å². The number of aromatic nitrogens is 6. The molecule has 0 aliphatic rings. The highest BCUT2D eigenvalue weighted by molar-refractivity contribution is 7.12. The van der Waals surface area contributed by atoms with Crippen molar-refractivity contribution in [2.75, 3.05) is 0 Å². The second-order valence-electron chi connectivity index (χ2n) is 10.9. The first-order valence-electron chi connectivity index (χ1n) is 14.5. The van der Waals surface area contributed by atoms with Gasteiger partial charge in [-0.15, -0.1) is 22.7 Å². The predicted molar refractivity (Wildman–Crippen MR) is 180 cm³/mol. The number of phenols is 2. The van der Waals surface area contributed by atoms with Crippen molar-refractivity contribution in [3.8, 4) is 56.0 Å². The highest BCUT2D eigenvalue weighted by Gasteiger charge is 2.34. The van der Waals surface area contributed by atoms with Crippen molar-refractivity contribution in [1.82, 2.24) is 29.5 Å². The maximum atomic E-state index is 12.0. The molecule has 5 N–H and O–H groups in total. The molecule has 4 aromatic heterocycles. The zero-order valence-electron chi connectivity index (χ0n) is 25.3. The third-order valence-corrected chi connectivity index (χ3v) is 9.55. The lowest BCUT2D eigenvalue weighted by Gasteiger charge is -2.18. The van der Waals surface area contributed by atoms with Gasteiger partial charge in [-0.3, -0.25) is 0 Å². The molecule has 0 fully saturated rings. The van der Waals surface area contributed by atoms with Crippen LogP contribution in [0.1, 0.15) is 44.4 Å². The standard InChI is InChI=1S/C34H26N6O6S2/c1-17-27(30(43)39(37-17)33-35-23(15-47-33)21-10-3-5-12-25(21)41)29(19-8-7-9-20(14-19)32(45)46)28-18(2)38-40(31(28)44)34-36-24(16-48-34)22-11-4-6-13-26(22)42/h3-16,29,41-44H,1-2H3,(H,45,46). The minimum Gasteiger partial charge on any atom is -0.507 e. The number of carboxylic acid groups (broad SMARTS) is 1. The zero-order chi connectivity index (χ0) is 33.7. The summed E-state index contributed by atoms with van der Waals surface area (Å²) in [5.41, 5.74) is 3.94. The molecule has 0 aliphatic carbocycles. The predicted octanol–water partition coefficient (Wildman–Crippen LogP) is 6.62. The van der Waals surface area contributed by atoms with Crippen molar-refractivity contribution in [2.45, 2.75) is 19.8 Å². The fraction of sp³-hybridized carbons (Fsp3) is 0.0882. The molecule has 4 heterocycles. The molecular formula is C34H26N6O6S2. The number of para-hydroxylation sites is 2. The first kappa shape index (κ1) is 30.7. The average molecular weight is 679 g/mol. The molecule has 0 saturated carbocycles. The largest absolute Gasteiger partial charge is 0.507 e. The van der Waals surface area contributed by atoms with Crippen molar-refractivity contribution in [2.24, 2.45) is 0 Å². The van der Waals surface area contributed by atoms with E-state index < -0.39 is 11.9 Å². The van der Waals surface area contributed by atoms with Gasteiger partial charge in [0, 0.05) is 38.9 Å². The van der Waals surface area contributed by atoms with Crippen LogP contribution < -0.4 is 0 Å². The Morgan fingerprint density at radius 3 is 1.62 bits per heavy atom. The molecule has 0 radical (unpaired) electrons. The van der Waals surface area contributed by atoms with Crippen LogP contribution in [0.3, 0.4) is 0 Å². The number of nitrogens with zero attached hydrogens (tertiary/aromatic N) is 6. The lowest BCUT2D eigenvalue weighted by molar-refractivity contribution is 0.0696. The fourth-order valence-electron chi connectivity index (χ4n) is 5.68. The zero-order valence-corrected chi connectivity index (χ0v) is 26.9. The highest BCUT2D eigenvalue weighted by Crippen LogP contribution is 2.45. The lowest BCUT2D eigenvalue weighted by Crippen LogP contribution is -2.08. The summed E-state index contributed by atoms with van der Waals surface area (Å²) in [6.45, 7) is 3.40. The van der Waals surface area contributed by atoms with E-state index in [2.05, 4.69) is 20.2 Å². The molecule has 12 nitrogen and oxygen atoms in total. The van der Waals surface area contributed by atoms with Gasteiger partial charge in [-0.2, -0.15) is 19.6 Å². The molecule has 14 heteroatoms. The van der Waals surface area contributed by atoms with Crippen LogP contribution in [0.15, 0.2) is 83.6 Å². The van der Waals surface area contributed by atoms with Crippen LogP contribution >= 0.6 is 22.7 Å². The van der Waals surface area contributed by atoms with E-state index in [1.165, 1.54) is 44.2 Å². The normalized spacial score (nSPS) is 11.4. The van der Waals surface area contributed by atoms with E-state index in [0.29, 0.717) is 60.9 Å². The van der Waals surface area contributed by atoms with Gasteiger partial charge in [0.05, 0.1) is 28.3 Å². The Kier molecular flexibility index (Phi) is 7.65. The Balaban J connectivity index is 1.37. The summed E-state index contributed by atoms with van der Waals surface area (Å²) in [6, 6.07) is 19.8. The Morgan fingerprint density at radius 1 is 0.688 bits per heavy atom. The molecule has 0 saturated heterocycles. The van der Waals surface area contributed by atoms with Crippen LogP contribution in [0, 0.1) is 13.8 Å². The Labute approximate surface area is 280 Å². The average Bonchev–Trinajstić information content (AvgIpc) is 3.87. The molecule has 0 amide bonds. The fourth-order valence-corrected chi connectivity index (χ4v) is 7.23. The van der Waals surface area contributed by atoms with Crippen molar-refractivity contribution in [3.05, 3.63) is 117 Å². The monoisotopic (exact) mass is 678 g/mol. The summed E-state index contributed by atoms with van der Waals surface area (Å²) in [6.07, 6.45) is 0. The number of phenolic OH excluding ortho intramolecular Hbond substituents is 2. The van der Waals surface area contributed by atoms with E-state index in [0.717, 1.165) is 0 Å². The second kappa shape index (κ2) is 12.0. The van der Waals surface area contributed by atoms with Gasteiger partial charge in [-0.25, -0.2) is 14.8 Å². The van der Waals surface area contributed by atoms with Crippen LogP contribution in [0.2, 0.25) is 0 Å². The molecule has 3 aromatic carbocycles. The SMILES string of the molecule is Cc1nn(-c2nc(-c3ccccc3O)cs2)c(O)c1C(c1cccc(C(=O)O)c1)c1c(C)nn(-c2nc(-c3ccccc3O)cs2)c1O. The third kappa shape index (κ3) is 5.22. The van der Waals surface area contributed by atoms with Gasteiger partial charge in [-0.1, -0.05) is 36.4 Å². The van der Waals surface area contributed by atoms with E-state index in [4.69, 9.17) is 0 Å². The molecule has 7 aromatic rings. The van der Waals surface area contributed by atoms with E-state index in [-0.39, 0.29) is 28.8 Å². The van der Waals surface area contributed by atoms with E-state index in [9.17, 15) is 30.3 Å². The molecule has 0 spiro atoms. The van der Waals surface area contributed by atoms with Crippen molar-refractivity contribution in [3.63, 3.8) is 0 Å². The van der Waals surface area contributed by atoms with Gasteiger partial charge in [0.2, 0.25) is 22.0 Å². The Bertz CT molecular complexity index is 2200. The number of rotatable bonds is 8. The number of thiazole rings is 2. The Morgan fingerprint density at radius 2 is 1.17 bits per heavy atom. The van der Waals surface area contributed by atoms with Crippen molar-refractivity contribution >= 4 is 28.6 Å². The number of carbonyl (C=O) groups is 1. The van der Waals surface area contributed by atoms with E-state index in [1.54, 1.807) is 85.3 Å². The lowest BCUT2D eigenvalue weighted by atomic mass is 9.84. The van der Waals surface area contributed by atoms with E-state index in [1.807, 2.05) is 0 Å². The molecule has 48 heavy (non-hydrogen) atoms. The maximum Gasteiger partial charge on any atom is 0.335 e. The summed E-state index contributed by atoms with van der Waals surface area (Å²) >= 11 is 2.42. The molecule has 0 bridgehead atoms. The minimum absolute atomic E-state index is 0.0195. The smallest absolute Gasteiger partial charge is 0.335 e. The minimum atomic E-state index is -1.14. The summed E-state index contributed by atoms with van der Waals surface area (Å²) < 4.78 is 2.56. The first-order chi connectivity index (χ1) is 23.1. The van der Waals surface area contributed by atoms with Gasteiger partial charge in [0.25, 0.3) is 0 Å². The highest BCUT2D eigenvalue weighted by atomic mass is 32.1. The molecular weight excluding hydrogens is 653 g/mol. The van der Waals surface area contributed by atoms with Crippen LogP contribution in [-0.4, -0.2) is 61.0 Å². The first-order valence-corrected chi connectivity index (χ1v) is 16.3. The van der Waals surface area contributed by atoms with Crippen LogP contribution in [-0.2, 0) is 0 Å². The molecule has 0 aliphatic heterocycles. The summed E-state index contributed by atoms with van der Waals surface area (Å²) in [5, 5.41) is 67.4. The van der Waals surface area contributed by atoms with Crippen molar-refractivity contribution < 1.29 is 30.3 Å². The summed E-state index contributed by atoms with van der Waals surface area (Å²) in [4.78, 5) is 21.2.